The third-order valence-electron chi connectivity index (χ3n) is 1.01. The van der Waals surface area contributed by atoms with Gasteiger partial charge >= 0.3 is 27.3 Å². The standard InChI is InChI=1S/C7H8S.Tl/c8-6-7-4-2-1-3-5-7;/h1-5,8H,6H2;/q;+1/p-1. The van der Waals surface area contributed by atoms with E-state index in [0.29, 0.717) is 0 Å². The van der Waals surface area contributed by atoms with Crippen molar-refractivity contribution in [2.45, 2.75) is 5.75 Å². The second kappa shape index (κ2) is 5.29. The average Bonchev–Trinajstić information content (AvgIpc) is 1.90. The van der Waals surface area contributed by atoms with Gasteiger partial charge in [0.25, 0.3) is 0 Å². The Balaban J connectivity index is 0.000000640. The summed E-state index contributed by atoms with van der Waals surface area (Å²) in [4.78, 5) is 0. The number of hydrogen-bond donors (Lipinski definition) is 0. The van der Waals surface area contributed by atoms with Crippen molar-refractivity contribution in [1.29, 1.82) is 0 Å². The van der Waals surface area contributed by atoms with Crippen molar-refractivity contribution in [3.63, 3.8) is 0 Å². The summed E-state index contributed by atoms with van der Waals surface area (Å²) in [6.07, 6.45) is 0. The van der Waals surface area contributed by atoms with Crippen molar-refractivity contribution < 1.29 is 0 Å². The zero-order chi connectivity index (χ0) is 5.82. The van der Waals surface area contributed by atoms with Crippen LogP contribution in [0.3, 0.4) is 0 Å². The molecule has 0 saturated carbocycles. The molecule has 1 aromatic carbocycles. The maximum Gasteiger partial charge on any atom is 1.00 e. The van der Waals surface area contributed by atoms with E-state index in [9.17, 15) is 0 Å². The van der Waals surface area contributed by atoms with E-state index >= 15 is 0 Å². The molecule has 0 aromatic heterocycles. The largest absolute Gasteiger partial charge is 1.00 e. The van der Waals surface area contributed by atoms with Crippen LogP contribution in [0.5, 0.6) is 0 Å². The molecule has 0 aliphatic rings. The summed E-state index contributed by atoms with van der Waals surface area (Å²) < 4.78 is 0. The fourth-order valence-corrected chi connectivity index (χ4v) is 0.767. The minimum absolute atomic E-state index is 0. The topological polar surface area (TPSA) is 0 Å². The molecule has 9 heavy (non-hydrogen) atoms. The Hall–Kier alpha value is 0.492. The van der Waals surface area contributed by atoms with Crippen LogP contribution in [0.4, 0.5) is 0 Å². The van der Waals surface area contributed by atoms with Gasteiger partial charge in [-0.2, -0.15) is 5.75 Å². The second-order valence-corrected chi connectivity index (χ2v) is 1.92. The quantitative estimate of drug-likeness (QED) is 0.554. The van der Waals surface area contributed by atoms with Crippen molar-refractivity contribution in [3.05, 3.63) is 35.9 Å². The van der Waals surface area contributed by atoms with Gasteiger partial charge in [-0.15, -0.1) is 0 Å². The fourth-order valence-electron chi connectivity index (χ4n) is 0.574. The summed E-state index contributed by atoms with van der Waals surface area (Å²) in [5.41, 5.74) is 1.22. The smallest absolute Gasteiger partial charge is 0.788 e. The van der Waals surface area contributed by atoms with Gasteiger partial charge < -0.3 is 12.6 Å². The van der Waals surface area contributed by atoms with E-state index in [4.69, 9.17) is 12.6 Å². The maximum absolute atomic E-state index is 4.82. The van der Waals surface area contributed by atoms with Crippen molar-refractivity contribution in [2.75, 3.05) is 0 Å². The average molecular weight is 328 g/mol. The van der Waals surface area contributed by atoms with Crippen LogP contribution in [0.15, 0.2) is 30.3 Å². The van der Waals surface area contributed by atoms with Crippen LogP contribution in [-0.2, 0) is 18.4 Å². The van der Waals surface area contributed by atoms with Gasteiger partial charge in [0.2, 0.25) is 0 Å². The molecule has 0 aliphatic heterocycles. The van der Waals surface area contributed by atoms with E-state index in [1.807, 2.05) is 30.3 Å². The molecule has 0 spiro atoms. The molecule has 0 N–H and O–H groups in total. The van der Waals surface area contributed by atoms with Crippen LogP contribution in [-0.4, -0.2) is 27.3 Å². The van der Waals surface area contributed by atoms with Crippen LogP contribution in [0.25, 0.3) is 0 Å². The van der Waals surface area contributed by atoms with Gasteiger partial charge in [-0.3, -0.25) is 0 Å². The van der Waals surface area contributed by atoms with Gasteiger partial charge in [-0.05, 0) is 0 Å². The van der Waals surface area contributed by atoms with Gasteiger partial charge in [0, 0.05) is 0 Å². The van der Waals surface area contributed by atoms with E-state index in [1.54, 1.807) is 0 Å². The van der Waals surface area contributed by atoms with E-state index in [1.165, 1.54) is 5.56 Å². The number of benzene rings is 1. The molecule has 0 heterocycles. The van der Waals surface area contributed by atoms with Gasteiger partial charge in [0.05, 0.1) is 0 Å². The molecule has 0 atom stereocenters. The molecule has 44 valence electrons. The van der Waals surface area contributed by atoms with Crippen LogP contribution in [0, 0.1) is 0 Å². The Bertz CT molecular complexity index is 150. The zero-order valence-electron chi connectivity index (χ0n) is 5.08. The molecule has 1 aromatic rings. The summed E-state index contributed by atoms with van der Waals surface area (Å²) in [5, 5.41) is 0. The first-order valence-electron chi connectivity index (χ1n) is 2.55. The molecule has 0 radical (unpaired) electrons. The van der Waals surface area contributed by atoms with Crippen molar-refractivity contribution in [1.82, 2.24) is 0 Å². The van der Waals surface area contributed by atoms with Gasteiger partial charge in [0.15, 0.2) is 0 Å². The van der Waals surface area contributed by atoms with E-state index < -0.39 is 0 Å². The minimum atomic E-state index is 0. The number of rotatable bonds is 1. The third kappa shape index (κ3) is 3.25. The van der Waals surface area contributed by atoms with Crippen molar-refractivity contribution in [2.24, 2.45) is 0 Å². The number of hydrogen-bond acceptors (Lipinski definition) is 1. The Morgan fingerprint density at radius 1 is 1.11 bits per heavy atom. The molecule has 0 unspecified atom stereocenters. The van der Waals surface area contributed by atoms with Gasteiger partial charge in [0.1, 0.15) is 0 Å². The summed E-state index contributed by atoms with van der Waals surface area (Å²) in [6, 6.07) is 10.1. The summed E-state index contributed by atoms with van der Waals surface area (Å²) in [6.45, 7) is 0. The predicted octanol–water partition coefficient (Wildman–Crippen LogP) is 1.35. The summed E-state index contributed by atoms with van der Waals surface area (Å²) in [7, 11) is 0. The first kappa shape index (κ1) is 9.49. The van der Waals surface area contributed by atoms with E-state index in [0.717, 1.165) is 5.75 Å². The Kier molecular flexibility index (Phi) is 5.58. The molecule has 0 amide bonds. The Labute approximate surface area is 81.2 Å². The zero-order valence-corrected chi connectivity index (χ0v) is 10.4. The third-order valence-corrected chi connectivity index (χ3v) is 1.34. The van der Waals surface area contributed by atoms with Crippen LogP contribution >= 0.6 is 0 Å². The van der Waals surface area contributed by atoms with Gasteiger partial charge in [-0.25, -0.2) is 0 Å². The fraction of sp³-hybridized carbons (Fsp3) is 0.143. The Morgan fingerprint density at radius 3 is 2.00 bits per heavy atom. The maximum atomic E-state index is 4.82. The molecular formula is C7H7STl. The summed E-state index contributed by atoms with van der Waals surface area (Å²) in [5.74, 6) is 0.723. The van der Waals surface area contributed by atoms with E-state index in [-0.39, 0.29) is 27.3 Å². The molecule has 0 fully saturated rings. The molecule has 0 aliphatic carbocycles. The van der Waals surface area contributed by atoms with Crippen LogP contribution in [0.2, 0.25) is 0 Å². The van der Waals surface area contributed by atoms with E-state index in [2.05, 4.69) is 0 Å². The molecular weight excluding hydrogens is 321 g/mol. The summed E-state index contributed by atoms with van der Waals surface area (Å²) >= 11 is 4.82. The normalized spacial score (nSPS) is 8.11. The second-order valence-electron chi connectivity index (χ2n) is 1.63. The molecule has 0 nitrogen and oxygen atoms in total. The SMILES string of the molecule is [S-]Cc1ccccc1.[Tl+]. The van der Waals surface area contributed by atoms with Crippen molar-refractivity contribution in [3.8, 4) is 0 Å². The Morgan fingerprint density at radius 2 is 1.67 bits per heavy atom. The van der Waals surface area contributed by atoms with Crippen LogP contribution in [0.1, 0.15) is 5.56 Å². The van der Waals surface area contributed by atoms with Crippen molar-refractivity contribution >= 4 is 39.9 Å². The van der Waals surface area contributed by atoms with Gasteiger partial charge in [-0.1, -0.05) is 35.9 Å². The molecule has 2 heteroatoms. The molecule has 0 saturated heterocycles. The first-order chi connectivity index (χ1) is 3.93. The van der Waals surface area contributed by atoms with Crippen LogP contribution < -0.4 is 0 Å². The molecule has 1 rings (SSSR count). The molecule has 0 bridgehead atoms. The minimum Gasteiger partial charge on any atom is -0.788 e. The monoisotopic (exact) mass is 328 g/mol. The first-order valence-corrected chi connectivity index (χ1v) is 3.13. The predicted molar refractivity (Wildman–Crippen MR) is 43.3 cm³/mol.